The summed E-state index contributed by atoms with van der Waals surface area (Å²) in [6.07, 6.45) is 5.08. The Morgan fingerprint density at radius 3 is 2.54 bits per heavy atom. The minimum Gasteiger partial charge on any atom is -0.466 e. The fraction of sp³-hybridized carbons (Fsp3) is 0.647. The molecule has 0 bridgehead atoms. The molecule has 0 spiro atoms. The van der Waals surface area contributed by atoms with Gasteiger partial charge in [-0.15, -0.1) is 0 Å². The molecule has 0 saturated carbocycles. The summed E-state index contributed by atoms with van der Waals surface area (Å²) in [5.74, 6) is 0.495. The molecule has 1 aromatic rings. The Labute approximate surface area is 142 Å². The van der Waals surface area contributed by atoms with E-state index in [0.29, 0.717) is 38.2 Å². The highest BCUT2D eigenvalue weighted by molar-refractivity contribution is 5.93. The third-order valence-electron chi connectivity index (χ3n) is 4.70. The molecule has 1 amide bonds. The van der Waals surface area contributed by atoms with Gasteiger partial charge in [-0.3, -0.25) is 9.59 Å². The van der Waals surface area contributed by atoms with Crippen molar-refractivity contribution in [3.63, 3.8) is 0 Å². The zero-order chi connectivity index (χ0) is 16.9. The molecule has 0 unspecified atom stereocenters. The van der Waals surface area contributed by atoms with E-state index >= 15 is 0 Å². The normalized spacial score (nSPS) is 18.7. The van der Waals surface area contributed by atoms with Gasteiger partial charge in [0.1, 0.15) is 17.8 Å². The smallest absolute Gasteiger partial charge is 0.309 e. The molecule has 24 heavy (non-hydrogen) atoms. The lowest BCUT2D eigenvalue weighted by atomic mass is 9.97. The molecule has 2 aliphatic rings. The lowest BCUT2D eigenvalue weighted by Gasteiger charge is -2.30. The van der Waals surface area contributed by atoms with Crippen LogP contribution in [0.4, 0.5) is 5.82 Å². The summed E-state index contributed by atoms with van der Waals surface area (Å²) in [5, 5.41) is 0. The van der Waals surface area contributed by atoms with Crippen LogP contribution in [-0.4, -0.2) is 59.5 Å². The van der Waals surface area contributed by atoms with Gasteiger partial charge < -0.3 is 14.5 Å². The Morgan fingerprint density at radius 1 is 1.17 bits per heavy atom. The molecular formula is C17H24N4O3. The van der Waals surface area contributed by atoms with E-state index in [1.807, 2.05) is 6.92 Å². The van der Waals surface area contributed by atoms with Crippen molar-refractivity contribution in [1.82, 2.24) is 14.9 Å². The molecular weight excluding hydrogens is 308 g/mol. The number of esters is 1. The SMILES string of the molecule is CCOC(=O)C1CCN(C(=O)c2cc(N3CCCC3)ncn2)CC1. The molecule has 0 atom stereocenters. The van der Waals surface area contributed by atoms with E-state index in [9.17, 15) is 9.59 Å². The molecule has 0 aromatic carbocycles. The van der Waals surface area contributed by atoms with E-state index in [-0.39, 0.29) is 17.8 Å². The van der Waals surface area contributed by atoms with Crippen LogP contribution in [0.3, 0.4) is 0 Å². The third kappa shape index (κ3) is 3.66. The molecule has 1 aromatic heterocycles. The zero-order valence-corrected chi connectivity index (χ0v) is 14.1. The predicted molar refractivity (Wildman–Crippen MR) is 88.7 cm³/mol. The fourth-order valence-electron chi connectivity index (χ4n) is 3.32. The minimum atomic E-state index is -0.150. The highest BCUT2D eigenvalue weighted by atomic mass is 16.5. The number of anilines is 1. The second-order valence-corrected chi connectivity index (χ2v) is 6.27. The standard InChI is InChI=1S/C17H24N4O3/c1-2-24-17(23)13-5-9-21(10-6-13)16(22)14-11-15(19-12-18-14)20-7-3-4-8-20/h11-13H,2-10H2,1H3. The van der Waals surface area contributed by atoms with Crippen LogP contribution in [-0.2, 0) is 9.53 Å². The Balaban J connectivity index is 1.61. The molecule has 2 saturated heterocycles. The molecule has 3 heterocycles. The summed E-state index contributed by atoms with van der Waals surface area (Å²) >= 11 is 0. The summed E-state index contributed by atoms with van der Waals surface area (Å²) in [7, 11) is 0. The second-order valence-electron chi connectivity index (χ2n) is 6.27. The molecule has 130 valence electrons. The van der Waals surface area contributed by atoms with Crippen molar-refractivity contribution < 1.29 is 14.3 Å². The number of carbonyl (C=O) groups excluding carboxylic acids is 2. The van der Waals surface area contributed by atoms with Crippen molar-refractivity contribution in [2.75, 3.05) is 37.7 Å². The van der Waals surface area contributed by atoms with Gasteiger partial charge >= 0.3 is 5.97 Å². The number of piperidine rings is 1. The van der Waals surface area contributed by atoms with Crippen LogP contribution in [0.25, 0.3) is 0 Å². The summed E-state index contributed by atoms with van der Waals surface area (Å²) < 4.78 is 5.07. The summed E-state index contributed by atoms with van der Waals surface area (Å²) in [4.78, 5) is 36.8. The van der Waals surface area contributed by atoms with Crippen LogP contribution >= 0.6 is 0 Å². The number of aromatic nitrogens is 2. The lowest BCUT2D eigenvalue weighted by molar-refractivity contribution is -0.149. The van der Waals surface area contributed by atoms with Gasteiger partial charge in [-0.2, -0.15) is 0 Å². The van der Waals surface area contributed by atoms with Crippen molar-refractivity contribution in [2.45, 2.75) is 32.6 Å². The first-order chi connectivity index (χ1) is 11.7. The molecule has 2 fully saturated rings. The van der Waals surface area contributed by atoms with Gasteiger partial charge in [0.05, 0.1) is 12.5 Å². The van der Waals surface area contributed by atoms with Crippen molar-refractivity contribution in [3.8, 4) is 0 Å². The maximum Gasteiger partial charge on any atom is 0.309 e. The Bertz CT molecular complexity index is 593. The van der Waals surface area contributed by atoms with Gasteiger partial charge in [0.2, 0.25) is 0 Å². The van der Waals surface area contributed by atoms with Crippen LogP contribution in [0.2, 0.25) is 0 Å². The Hall–Kier alpha value is -2.18. The number of ether oxygens (including phenoxy) is 1. The van der Waals surface area contributed by atoms with E-state index in [1.54, 1.807) is 11.0 Å². The largest absolute Gasteiger partial charge is 0.466 e. The molecule has 0 N–H and O–H groups in total. The molecule has 7 nitrogen and oxygen atoms in total. The quantitative estimate of drug-likeness (QED) is 0.778. The van der Waals surface area contributed by atoms with Gasteiger partial charge in [-0.25, -0.2) is 9.97 Å². The number of likely N-dealkylation sites (tertiary alicyclic amines) is 1. The van der Waals surface area contributed by atoms with Crippen molar-refractivity contribution in [1.29, 1.82) is 0 Å². The van der Waals surface area contributed by atoms with Gasteiger partial charge in [-0.05, 0) is 32.6 Å². The molecule has 0 aliphatic carbocycles. The van der Waals surface area contributed by atoms with E-state index < -0.39 is 0 Å². The maximum atomic E-state index is 12.7. The van der Waals surface area contributed by atoms with E-state index in [2.05, 4.69) is 14.9 Å². The molecule has 7 heteroatoms. The number of amides is 1. The Kier molecular flexibility index (Phi) is 5.27. The van der Waals surface area contributed by atoms with Crippen LogP contribution < -0.4 is 4.90 Å². The zero-order valence-electron chi connectivity index (χ0n) is 14.1. The first-order valence-electron chi connectivity index (χ1n) is 8.72. The topological polar surface area (TPSA) is 75.6 Å². The first-order valence-corrected chi connectivity index (χ1v) is 8.72. The van der Waals surface area contributed by atoms with E-state index in [1.165, 1.54) is 6.33 Å². The fourth-order valence-corrected chi connectivity index (χ4v) is 3.32. The molecule has 0 radical (unpaired) electrons. The first kappa shape index (κ1) is 16.7. The highest BCUT2D eigenvalue weighted by Crippen LogP contribution is 2.22. The van der Waals surface area contributed by atoms with Crippen LogP contribution in [0.1, 0.15) is 43.1 Å². The van der Waals surface area contributed by atoms with E-state index in [4.69, 9.17) is 4.74 Å². The summed E-state index contributed by atoms with van der Waals surface area (Å²) in [6, 6.07) is 1.78. The number of hydrogen-bond acceptors (Lipinski definition) is 6. The van der Waals surface area contributed by atoms with Crippen molar-refractivity contribution in [3.05, 3.63) is 18.1 Å². The average Bonchev–Trinajstić information content (AvgIpc) is 3.16. The van der Waals surface area contributed by atoms with Gasteiger partial charge in [-0.1, -0.05) is 0 Å². The second kappa shape index (κ2) is 7.59. The molecule has 2 aliphatic heterocycles. The van der Waals surface area contributed by atoms with E-state index in [0.717, 1.165) is 31.7 Å². The summed E-state index contributed by atoms with van der Waals surface area (Å²) in [6.45, 7) is 5.30. The summed E-state index contributed by atoms with van der Waals surface area (Å²) in [5.41, 5.74) is 0.432. The monoisotopic (exact) mass is 332 g/mol. The molecule has 3 rings (SSSR count). The Morgan fingerprint density at radius 2 is 1.88 bits per heavy atom. The van der Waals surface area contributed by atoms with Crippen molar-refractivity contribution >= 4 is 17.7 Å². The third-order valence-corrected chi connectivity index (χ3v) is 4.70. The van der Waals surface area contributed by atoms with Gasteiger partial charge in [0.25, 0.3) is 5.91 Å². The van der Waals surface area contributed by atoms with Crippen LogP contribution in [0.5, 0.6) is 0 Å². The van der Waals surface area contributed by atoms with Crippen LogP contribution in [0, 0.1) is 5.92 Å². The number of hydrogen-bond donors (Lipinski definition) is 0. The number of carbonyl (C=O) groups is 2. The average molecular weight is 332 g/mol. The van der Waals surface area contributed by atoms with Gasteiger partial charge in [0, 0.05) is 32.2 Å². The lowest BCUT2D eigenvalue weighted by Crippen LogP contribution is -2.41. The minimum absolute atomic E-state index is 0.0832. The highest BCUT2D eigenvalue weighted by Gasteiger charge is 2.29. The van der Waals surface area contributed by atoms with Crippen LogP contribution in [0.15, 0.2) is 12.4 Å². The maximum absolute atomic E-state index is 12.7. The number of nitrogens with zero attached hydrogens (tertiary/aromatic N) is 4. The van der Waals surface area contributed by atoms with Gasteiger partial charge in [0.15, 0.2) is 0 Å². The van der Waals surface area contributed by atoms with Crippen molar-refractivity contribution in [2.24, 2.45) is 5.92 Å². The number of rotatable bonds is 4. The predicted octanol–water partition coefficient (Wildman–Crippen LogP) is 1.49.